The lowest BCUT2D eigenvalue weighted by Gasteiger charge is -2.08. The Balaban J connectivity index is 1.90. The summed E-state index contributed by atoms with van der Waals surface area (Å²) in [6.07, 6.45) is 0.787. The first kappa shape index (κ1) is 16.9. The number of aromatic nitrogens is 2. The highest BCUT2D eigenvalue weighted by Crippen LogP contribution is 2.05. The van der Waals surface area contributed by atoms with Crippen molar-refractivity contribution in [3.8, 4) is 0 Å². The first-order valence-corrected chi connectivity index (χ1v) is 7.59. The lowest BCUT2D eigenvalue weighted by atomic mass is 10.1. The van der Waals surface area contributed by atoms with Crippen molar-refractivity contribution in [2.45, 2.75) is 13.3 Å². The van der Waals surface area contributed by atoms with E-state index in [1.807, 2.05) is 37.3 Å². The number of hydrogen-bond acceptors (Lipinski definition) is 5. The summed E-state index contributed by atoms with van der Waals surface area (Å²) in [5, 5.41) is 5.92. The highest BCUT2D eigenvalue weighted by molar-refractivity contribution is 5.92. The minimum atomic E-state index is -0.193. The zero-order valence-electron chi connectivity index (χ0n) is 13.5. The number of nitrogens with one attached hydrogen (secondary N) is 2. The molecule has 0 atom stereocenters. The lowest BCUT2D eigenvalue weighted by molar-refractivity contribution is 0.0949. The number of anilines is 1. The van der Waals surface area contributed by atoms with E-state index in [0.717, 1.165) is 12.1 Å². The number of carbonyl (C=O) groups is 1. The Bertz CT molecular complexity index is 632. The van der Waals surface area contributed by atoms with Gasteiger partial charge in [-0.15, -0.1) is 0 Å². The third-order valence-electron chi connectivity index (χ3n) is 3.22. The maximum atomic E-state index is 12.2. The average Bonchev–Trinajstić information content (AvgIpc) is 2.55. The summed E-state index contributed by atoms with van der Waals surface area (Å²) >= 11 is 0. The van der Waals surface area contributed by atoms with Crippen LogP contribution < -0.4 is 10.6 Å². The minimum absolute atomic E-state index is 0.193. The zero-order valence-corrected chi connectivity index (χ0v) is 13.5. The van der Waals surface area contributed by atoms with Gasteiger partial charge in [0, 0.05) is 25.9 Å². The van der Waals surface area contributed by atoms with Crippen LogP contribution in [0.4, 0.5) is 5.95 Å². The second-order valence-corrected chi connectivity index (χ2v) is 5.13. The predicted octanol–water partition coefficient (Wildman–Crippen LogP) is 1.82. The second-order valence-electron chi connectivity index (χ2n) is 5.13. The number of amides is 1. The van der Waals surface area contributed by atoms with Gasteiger partial charge in [0.15, 0.2) is 0 Å². The van der Waals surface area contributed by atoms with Crippen molar-refractivity contribution >= 4 is 11.9 Å². The van der Waals surface area contributed by atoms with E-state index < -0.39 is 0 Å². The normalized spacial score (nSPS) is 10.3. The molecule has 2 rings (SSSR count). The Morgan fingerprint density at radius 2 is 1.96 bits per heavy atom. The van der Waals surface area contributed by atoms with Crippen LogP contribution in [0.2, 0.25) is 0 Å². The van der Waals surface area contributed by atoms with Gasteiger partial charge in [0.2, 0.25) is 5.95 Å². The van der Waals surface area contributed by atoms with Gasteiger partial charge in [-0.2, -0.15) is 0 Å². The fourth-order valence-electron chi connectivity index (χ4n) is 2.08. The van der Waals surface area contributed by atoms with Gasteiger partial charge in [-0.3, -0.25) is 4.79 Å². The Morgan fingerprint density at radius 1 is 1.17 bits per heavy atom. The number of ether oxygens (including phenoxy) is 1. The Labute approximate surface area is 136 Å². The van der Waals surface area contributed by atoms with E-state index in [1.54, 1.807) is 13.2 Å². The lowest BCUT2D eigenvalue weighted by Crippen LogP contribution is -2.27. The van der Waals surface area contributed by atoms with Gasteiger partial charge in [-0.25, -0.2) is 9.97 Å². The van der Waals surface area contributed by atoms with Crippen molar-refractivity contribution < 1.29 is 9.53 Å². The van der Waals surface area contributed by atoms with Gasteiger partial charge in [0.05, 0.1) is 6.61 Å². The standard InChI is InChI=1S/C17H22N4O2/c1-13-12-15(21-17(20-13)19-10-11-23-2)16(22)18-9-8-14-6-4-3-5-7-14/h3-7,12H,8-11H2,1-2H3,(H,18,22)(H,19,20,21). The molecule has 1 aromatic carbocycles. The summed E-state index contributed by atoms with van der Waals surface area (Å²) in [6.45, 7) is 3.55. The van der Waals surface area contributed by atoms with Gasteiger partial charge >= 0.3 is 0 Å². The number of carbonyl (C=O) groups excluding carboxylic acids is 1. The third kappa shape index (κ3) is 5.67. The van der Waals surface area contributed by atoms with E-state index in [4.69, 9.17) is 4.74 Å². The molecule has 1 amide bonds. The zero-order chi connectivity index (χ0) is 16.5. The van der Waals surface area contributed by atoms with Gasteiger partial charge in [-0.05, 0) is 25.0 Å². The first-order valence-electron chi connectivity index (χ1n) is 7.59. The minimum Gasteiger partial charge on any atom is -0.383 e. The highest BCUT2D eigenvalue weighted by atomic mass is 16.5. The van der Waals surface area contributed by atoms with Crippen LogP contribution in [-0.4, -0.2) is 42.7 Å². The fraction of sp³-hybridized carbons (Fsp3) is 0.353. The van der Waals surface area contributed by atoms with Gasteiger partial charge in [0.1, 0.15) is 5.69 Å². The van der Waals surface area contributed by atoms with Crippen LogP contribution in [0, 0.1) is 6.92 Å². The molecule has 0 aliphatic rings. The van der Waals surface area contributed by atoms with Crippen molar-refractivity contribution in [2.24, 2.45) is 0 Å². The number of methoxy groups -OCH3 is 1. The van der Waals surface area contributed by atoms with Crippen molar-refractivity contribution in [1.29, 1.82) is 0 Å². The molecule has 1 heterocycles. The molecular weight excluding hydrogens is 292 g/mol. The number of rotatable bonds is 8. The first-order chi connectivity index (χ1) is 11.2. The van der Waals surface area contributed by atoms with Crippen LogP contribution in [0.25, 0.3) is 0 Å². The molecule has 1 aromatic heterocycles. The number of aryl methyl sites for hydroxylation is 1. The summed E-state index contributed by atoms with van der Waals surface area (Å²) in [4.78, 5) is 20.7. The fourth-order valence-corrected chi connectivity index (χ4v) is 2.08. The SMILES string of the molecule is COCCNc1nc(C)cc(C(=O)NCCc2ccccc2)n1. The van der Waals surface area contributed by atoms with Gasteiger partial charge < -0.3 is 15.4 Å². The topological polar surface area (TPSA) is 76.1 Å². The van der Waals surface area contributed by atoms with E-state index in [0.29, 0.717) is 31.3 Å². The van der Waals surface area contributed by atoms with E-state index in [1.165, 1.54) is 5.56 Å². The highest BCUT2D eigenvalue weighted by Gasteiger charge is 2.10. The maximum absolute atomic E-state index is 12.2. The number of hydrogen-bond donors (Lipinski definition) is 2. The monoisotopic (exact) mass is 314 g/mol. The van der Waals surface area contributed by atoms with Crippen LogP contribution >= 0.6 is 0 Å². The summed E-state index contributed by atoms with van der Waals surface area (Å²) in [7, 11) is 1.63. The Morgan fingerprint density at radius 3 is 2.70 bits per heavy atom. The van der Waals surface area contributed by atoms with Gasteiger partial charge in [-0.1, -0.05) is 30.3 Å². The predicted molar refractivity (Wildman–Crippen MR) is 89.6 cm³/mol. The van der Waals surface area contributed by atoms with Crippen LogP contribution in [0.5, 0.6) is 0 Å². The molecule has 122 valence electrons. The molecule has 6 nitrogen and oxygen atoms in total. The summed E-state index contributed by atoms with van der Waals surface area (Å²) in [5.41, 5.74) is 2.30. The molecule has 2 aromatic rings. The molecule has 0 bridgehead atoms. The molecule has 0 unspecified atom stereocenters. The smallest absolute Gasteiger partial charge is 0.270 e. The third-order valence-corrected chi connectivity index (χ3v) is 3.22. The van der Waals surface area contributed by atoms with E-state index in [2.05, 4.69) is 20.6 Å². The van der Waals surface area contributed by atoms with Crippen molar-refractivity contribution in [3.63, 3.8) is 0 Å². The average molecular weight is 314 g/mol. The summed E-state index contributed by atoms with van der Waals surface area (Å²) < 4.78 is 4.97. The van der Waals surface area contributed by atoms with Crippen molar-refractivity contribution in [2.75, 3.05) is 32.1 Å². The number of benzene rings is 1. The van der Waals surface area contributed by atoms with Crippen LogP contribution in [0.3, 0.4) is 0 Å². The molecule has 2 N–H and O–H groups in total. The molecule has 0 aliphatic heterocycles. The molecule has 0 aliphatic carbocycles. The van der Waals surface area contributed by atoms with Gasteiger partial charge in [0.25, 0.3) is 5.91 Å². The molecule has 0 fully saturated rings. The van der Waals surface area contributed by atoms with Crippen LogP contribution in [0.15, 0.2) is 36.4 Å². The molecular formula is C17H22N4O2. The van der Waals surface area contributed by atoms with E-state index >= 15 is 0 Å². The van der Waals surface area contributed by atoms with E-state index in [-0.39, 0.29) is 5.91 Å². The van der Waals surface area contributed by atoms with Crippen LogP contribution in [-0.2, 0) is 11.2 Å². The van der Waals surface area contributed by atoms with Crippen LogP contribution in [0.1, 0.15) is 21.7 Å². The largest absolute Gasteiger partial charge is 0.383 e. The molecule has 0 spiro atoms. The molecule has 6 heteroatoms. The second kappa shape index (κ2) is 8.85. The molecule has 0 saturated carbocycles. The summed E-state index contributed by atoms with van der Waals surface area (Å²) in [5.74, 6) is 0.247. The quantitative estimate of drug-likeness (QED) is 0.727. The number of nitrogens with zero attached hydrogens (tertiary/aromatic N) is 2. The molecule has 0 radical (unpaired) electrons. The van der Waals surface area contributed by atoms with Crippen molar-refractivity contribution in [1.82, 2.24) is 15.3 Å². The maximum Gasteiger partial charge on any atom is 0.270 e. The Hall–Kier alpha value is -2.47. The van der Waals surface area contributed by atoms with Crippen molar-refractivity contribution in [3.05, 3.63) is 53.3 Å². The van der Waals surface area contributed by atoms with E-state index in [9.17, 15) is 4.79 Å². The summed E-state index contributed by atoms with van der Waals surface area (Å²) in [6, 6.07) is 11.7. The Kier molecular flexibility index (Phi) is 6.50. The molecule has 23 heavy (non-hydrogen) atoms. The molecule has 0 saturated heterocycles.